The van der Waals surface area contributed by atoms with Crippen LogP contribution >= 0.6 is 12.2 Å². The standard InChI is InChI=1S/C13H19NO2S/c1-8(2)12(13(14)17)9-5-6-10(15-3)11(7-9)16-4/h5-8,12H,1-4H3,(H2,14,17). The van der Waals surface area contributed by atoms with E-state index in [1.807, 2.05) is 18.2 Å². The van der Waals surface area contributed by atoms with E-state index in [4.69, 9.17) is 27.4 Å². The molecular weight excluding hydrogens is 234 g/mol. The van der Waals surface area contributed by atoms with E-state index in [-0.39, 0.29) is 5.92 Å². The van der Waals surface area contributed by atoms with Crippen molar-refractivity contribution in [3.05, 3.63) is 23.8 Å². The van der Waals surface area contributed by atoms with Gasteiger partial charge in [-0.05, 0) is 23.6 Å². The van der Waals surface area contributed by atoms with E-state index >= 15 is 0 Å². The summed E-state index contributed by atoms with van der Waals surface area (Å²) in [6.45, 7) is 4.20. The number of methoxy groups -OCH3 is 2. The average Bonchev–Trinajstić information content (AvgIpc) is 2.27. The summed E-state index contributed by atoms with van der Waals surface area (Å²) in [5.41, 5.74) is 6.85. The fourth-order valence-electron chi connectivity index (χ4n) is 1.92. The van der Waals surface area contributed by atoms with E-state index in [0.717, 1.165) is 5.56 Å². The van der Waals surface area contributed by atoms with E-state index in [1.54, 1.807) is 14.2 Å². The van der Waals surface area contributed by atoms with Gasteiger partial charge in [-0.3, -0.25) is 0 Å². The summed E-state index contributed by atoms with van der Waals surface area (Å²) in [5, 5.41) is 0. The van der Waals surface area contributed by atoms with Crippen molar-refractivity contribution in [2.45, 2.75) is 19.8 Å². The topological polar surface area (TPSA) is 44.5 Å². The van der Waals surface area contributed by atoms with Crippen molar-refractivity contribution in [2.75, 3.05) is 14.2 Å². The maximum Gasteiger partial charge on any atom is 0.161 e. The quantitative estimate of drug-likeness (QED) is 0.819. The predicted molar refractivity (Wildman–Crippen MR) is 73.9 cm³/mol. The third-order valence-electron chi connectivity index (χ3n) is 2.74. The molecule has 0 heterocycles. The van der Waals surface area contributed by atoms with Gasteiger partial charge in [-0.25, -0.2) is 0 Å². The number of nitrogens with two attached hydrogens (primary N) is 1. The molecule has 1 rings (SSSR count). The van der Waals surface area contributed by atoms with Gasteiger partial charge < -0.3 is 15.2 Å². The van der Waals surface area contributed by atoms with Crippen LogP contribution in [0.3, 0.4) is 0 Å². The van der Waals surface area contributed by atoms with Gasteiger partial charge in [0.05, 0.1) is 19.2 Å². The van der Waals surface area contributed by atoms with E-state index in [9.17, 15) is 0 Å². The number of hydrogen-bond acceptors (Lipinski definition) is 3. The first-order valence-corrected chi connectivity index (χ1v) is 5.93. The zero-order valence-corrected chi connectivity index (χ0v) is 11.5. The van der Waals surface area contributed by atoms with Gasteiger partial charge in [-0.15, -0.1) is 0 Å². The van der Waals surface area contributed by atoms with Crippen molar-refractivity contribution in [1.29, 1.82) is 0 Å². The molecule has 0 amide bonds. The van der Waals surface area contributed by atoms with Crippen molar-refractivity contribution in [2.24, 2.45) is 11.7 Å². The summed E-state index contributed by atoms with van der Waals surface area (Å²) in [7, 11) is 3.23. The highest BCUT2D eigenvalue weighted by Gasteiger charge is 2.20. The number of benzene rings is 1. The Morgan fingerprint density at radius 3 is 2.18 bits per heavy atom. The van der Waals surface area contributed by atoms with Gasteiger partial charge in [0.2, 0.25) is 0 Å². The molecule has 1 atom stereocenters. The normalized spacial score (nSPS) is 12.3. The highest BCUT2D eigenvalue weighted by Crippen LogP contribution is 2.33. The van der Waals surface area contributed by atoms with Gasteiger partial charge in [0.15, 0.2) is 11.5 Å². The molecule has 0 aliphatic rings. The molecule has 0 aromatic heterocycles. The van der Waals surface area contributed by atoms with Gasteiger partial charge in [-0.2, -0.15) is 0 Å². The van der Waals surface area contributed by atoms with Crippen LogP contribution in [0.4, 0.5) is 0 Å². The fraction of sp³-hybridized carbons (Fsp3) is 0.462. The molecule has 1 unspecified atom stereocenters. The molecule has 0 bridgehead atoms. The first-order chi connectivity index (χ1) is 8.01. The second kappa shape index (κ2) is 5.87. The lowest BCUT2D eigenvalue weighted by molar-refractivity contribution is 0.354. The van der Waals surface area contributed by atoms with E-state index in [2.05, 4.69) is 13.8 Å². The van der Waals surface area contributed by atoms with Crippen LogP contribution in [0.1, 0.15) is 25.3 Å². The molecule has 1 aromatic carbocycles. The molecule has 2 N–H and O–H groups in total. The molecule has 0 spiro atoms. The Morgan fingerprint density at radius 1 is 1.18 bits per heavy atom. The van der Waals surface area contributed by atoms with Crippen LogP contribution in [-0.2, 0) is 0 Å². The van der Waals surface area contributed by atoms with Gasteiger partial charge in [0, 0.05) is 5.92 Å². The molecule has 0 saturated carbocycles. The van der Waals surface area contributed by atoms with Crippen LogP contribution in [0, 0.1) is 5.92 Å². The van der Waals surface area contributed by atoms with Gasteiger partial charge in [0.1, 0.15) is 0 Å². The zero-order chi connectivity index (χ0) is 13.0. The lowest BCUT2D eigenvalue weighted by atomic mass is 9.88. The second-order valence-corrected chi connectivity index (χ2v) is 4.71. The highest BCUT2D eigenvalue weighted by molar-refractivity contribution is 7.80. The third kappa shape index (κ3) is 3.09. The third-order valence-corrected chi connectivity index (χ3v) is 2.99. The molecule has 17 heavy (non-hydrogen) atoms. The minimum absolute atomic E-state index is 0.0600. The number of ether oxygens (including phenoxy) is 2. The second-order valence-electron chi connectivity index (χ2n) is 4.24. The largest absolute Gasteiger partial charge is 0.493 e. The van der Waals surface area contributed by atoms with Crippen LogP contribution in [0.2, 0.25) is 0 Å². The molecule has 3 nitrogen and oxygen atoms in total. The van der Waals surface area contributed by atoms with Crippen LogP contribution in [0.25, 0.3) is 0 Å². The Hall–Kier alpha value is -1.29. The minimum Gasteiger partial charge on any atom is -0.493 e. The summed E-state index contributed by atoms with van der Waals surface area (Å²) in [6.07, 6.45) is 0. The van der Waals surface area contributed by atoms with E-state index in [0.29, 0.717) is 22.4 Å². The molecule has 0 saturated heterocycles. The van der Waals surface area contributed by atoms with Crippen LogP contribution < -0.4 is 15.2 Å². The molecule has 4 heteroatoms. The number of rotatable bonds is 5. The number of hydrogen-bond donors (Lipinski definition) is 1. The summed E-state index contributed by atoms with van der Waals surface area (Å²) in [5.74, 6) is 1.82. The average molecular weight is 253 g/mol. The number of thiocarbonyl (C=S) groups is 1. The SMILES string of the molecule is COc1ccc(C(C(N)=S)C(C)C)cc1OC. The van der Waals surface area contributed by atoms with Gasteiger partial charge >= 0.3 is 0 Å². The Bertz CT molecular complexity index is 404. The Labute approximate surface area is 108 Å². The predicted octanol–water partition coefficient (Wildman–Crippen LogP) is 2.73. The monoisotopic (exact) mass is 253 g/mol. The smallest absolute Gasteiger partial charge is 0.161 e. The molecule has 1 aromatic rings. The zero-order valence-electron chi connectivity index (χ0n) is 10.7. The lowest BCUT2D eigenvalue weighted by Crippen LogP contribution is -2.23. The lowest BCUT2D eigenvalue weighted by Gasteiger charge is -2.21. The van der Waals surface area contributed by atoms with Crippen molar-refractivity contribution in [3.63, 3.8) is 0 Å². The van der Waals surface area contributed by atoms with Crippen LogP contribution in [0.5, 0.6) is 11.5 Å². The molecule has 0 fully saturated rings. The minimum atomic E-state index is 0.0600. The molecule has 94 valence electrons. The van der Waals surface area contributed by atoms with E-state index in [1.165, 1.54) is 0 Å². The van der Waals surface area contributed by atoms with E-state index < -0.39 is 0 Å². The summed E-state index contributed by atoms with van der Waals surface area (Å²) < 4.78 is 10.5. The van der Waals surface area contributed by atoms with Crippen LogP contribution in [0.15, 0.2) is 18.2 Å². The maximum absolute atomic E-state index is 5.79. The Balaban J connectivity index is 3.17. The summed E-state index contributed by atoms with van der Waals surface area (Å²) in [4.78, 5) is 0.507. The molecule has 0 aliphatic carbocycles. The molecular formula is C13H19NO2S. The molecule has 0 aliphatic heterocycles. The Kier molecular flexibility index (Phi) is 4.75. The fourth-order valence-corrected chi connectivity index (χ4v) is 2.33. The maximum atomic E-state index is 5.79. The van der Waals surface area contributed by atoms with Crippen molar-refractivity contribution < 1.29 is 9.47 Å². The van der Waals surface area contributed by atoms with Crippen LogP contribution in [-0.4, -0.2) is 19.2 Å². The van der Waals surface area contributed by atoms with Gasteiger partial charge in [0.25, 0.3) is 0 Å². The highest BCUT2D eigenvalue weighted by atomic mass is 32.1. The first-order valence-electron chi connectivity index (χ1n) is 5.52. The summed E-state index contributed by atoms with van der Waals surface area (Å²) in [6, 6.07) is 5.79. The first kappa shape index (κ1) is 13.8. The van der Waals surface area contributed by atoms with Crippen molar-refractivity contribution in [1.82, 2.24) is 0 Å². The Morgan fingerprint density at radius 2 is 1.76 bits per heavy atom. The van der Waals surface area contributed by atoms with Gasteiger partial charge in [-0.1, -0.05) is 32.1 Å². The molecule has 0 radical (unpaired) electrons. The summed E-state index contributed by atoms with van der Waals surface area (Å²) >= 11 is 5.12. The van der Waals surface area contributed by atoms with Crippen molar-refractivity contribution >= 4 is 17.2 Å². The van der Waals surface area contributed by atoms with Crippen molar-refractivity contribution in [3.8, 4) is 11.5 Å².